The molecule has 2 N–H and O–H groups in total. The van der Waals surface area contributed by atoms with Crippen LogP contribution in [0, 0.1) is 11.3 Å². The quantitative estimate of drug-likeness (QED) is 0.779. The molecule has 0 unspecified atom stereocenters. The highest BCUT2D eigenvalue weighted by atomic mass is 32.1. The van der Waals surface area contributed by atoms with Crippen molar-refractivity contribution in [1.82, 2.24) is 10.2 Å². The van der Waals surface area contributed by atoms with Gasteiger partial charge in [0.05, 0.1) is 11.3 Å². The van der Waals surface area contributed by atoms with Gasteiger partial charge < -0.3 is 15.5 Å². The highest BCUT2D eigenvalue weighted by molar-refractivity contribution is 7.10. The first-order valence-electron chi connectivity index (χ1n) is 9.01. The smallest absolute Gasteiger partial charge is 0.313 e. The van der Waals surface area contributed by atoms with E-state index in [1.807, 2.05) is 17.4 Å². The molecule has 1 saturated heterocycles. The van der Waals surface area contributed by atoms with Gasteiger partial charge >= 0.3 is 11.8 Å². The Morgan fingerprint density at radius 1 is 1.15 bits per heavy atom. The van der Waals surface area contributed by atoms with Crippen LogP contribution in [0.5, 0.6) is 0 Å². The number of nitrogens with one attached hydrogen (secondary N) is 2. The lowest BCUT2D eigenvalue weighted by Crippen LogP contribution is -2.42. The van der Waals surface area contributed by atoms with Crippen LogP contribution in [-0.2, 0) is 9.59 Å². The normalized spacial score (nSPS) is 15.1. The molecule has 3 rings (SSSR count). The van der Waals surface area contributed by atoms with Crippen molar-refractivity contribution in [3.63, 3.8) is 0 Å². The first-order valence-corrected chi connectivity index (χ1v) is 9.89. The minimum Gasteiger partial charge on any atom is -0.347 e. The van der Waals surface area contributed by atoms with Crippen LogP contribution in [0.4, 0.5) is 5.69 Å². The van der Waals surface area contributed by atoms with Gasteiger partial charge in [-0.1, -0.05) is 18.2 Å². The molecule has 2 aromatic rings. The van der Waals surface area contributed by atoms with E-state index in [9.17, 15) is 9.59 Å². The van der Waals surface area contributed by atoms with Crippen LogP contribution in [0.1, 0.15) is 29.2 Å². The number of rotatable bonds is 5. The van der Waals surface area contributed by atoms with Gasteiger partial charge in [0.2, 0.25) is 0 Å². The van der Waals surface area contributed by atoms with Gasteiger partial charge in [-0.25, -0.2) is 0 Å². The van der Waals surface area contributed by atoms with Crippen LogP contribution in [0.2, 0.25) is 0 Å². The van der Waals surface area contributed by atoms with E-state index < -0.39 is 11.8 Å². The number of nitriles is 1. The Kier molecular flexibility index (Phi) is 6.58. The summed E-state index contributed by atoms with van der Waals surface area (Å²) in [6.45, 7) is 3.15. The second-order valence-electron chi connectivity index (χ2n) is 6.50. The highest BCUT2D eigenvalue weighted by Gasteiger charge is 2.21. The molecule has 0 atom stereocenters. The maximum Gasteiger partial charge on any atom is 0.313 e. The topological polar surface area (TPSA) is 85.2 Å². The zero-order chi connectivity index (χ0) is 19.1. The Balaban J connectivity index is 1.38. The van der Waals surface area contributed by atoms with Gasteiger partial charge in [-0.05, 0) is 55.4 Å². The van der Waals surface area contributed by atoms with Crippen molar-refractivity contribution in [3.05, 3.63) is 52.2 Å². The number of carbonyl (C=O) groups excluding carboxylic acids is 2. The monoisotopic (exact) mass is 382 g/mol. The molecular formula is C20H22N4O2S. The molecule has 0 aliphatic carbocycles. The summed E-state index contributed by atoms with van der Waals surface area (Å²) in [6.07, 6.45) is 2.25. The maximum absolute atomic E-state index is 12.0. The average Bonchev–Trinajstić information content (AvgIpc) is 3.23. The predicted octanol–water partition coefficient (Wildman–Crippen LogP) is 2.55. The minimum absolute atomic E-state index is 0.326. The third-order valence-electron chi connectivity index (χ3n) is 4.75. The molecule has 1 fully saturated rings. The predicted molar refractivity (Wildman–Crippen MR) is 106 cm³/mol. The number of amides is 2. The summed E-state index contributed by atoms with van der Waals surface area (Å²) in [5, 5.41) is 16.3. The largest absolute Gasteiger partial charge is 0.347 e. The van der Waals surface area contributed by atoms with E-state index >= 15 is 0 Å². The van der Waals surface area contributed by atoms with Gasteiger partial charge in [-0.15, -0.1) is 11.3 Å². The number of hydrogen-bond acceptors (Lipinski definition) is 5. The molecule has 2 amide bonds. The number of benzene rings is 1. The molecule has 2 heterocycles. The summed E-state index contributed by atoms with van der Waals surface area (Å²) in [5.74, 6) is -0.799. The molecule has 1 aliphatic rings. The van der Waals surface area contributed by atoms with Gasteiger partial charge in [0.25, 0.3) is 0 Å². The third kappa shape index (κ3) is 5.16. The minimum atomic E-state index is -0.755. The van der Waals surface area contributed by atoms with E-state index in [4.69, 9.17) is 5.26 Å². The molecule has 0 saturated carbocycles. The molecule has 27 heavy (non-hydrogen) atoms. The van der Waals surface area contributed by atoms with Crippen LogP contribution in [-0.4, -0.2) is 42.9 Å². The lowest BCUT2D eigenvalue weighted by Gasteiger charge is -2.31. The molecule has 1 aromatic heterocycles. The van der Waals surface area contributed by atoms with Crippen LogP contribution >= 0.6 is 11.3 Å². The number of anilines is 1. The maximum atomic E-state index is 12.0. The summed E-state index contributed by atoms with van der Waals surface area (Å²) < 4.78 is 0. The van der Waals surface area contributed by atoms with E-state index in [2.05, 4.69) is 33.0 Å². The summed E-state index contributed by atoms with van der Waals surface area (Å²) in [6, 6.07) is 12.9. The molecule has 1 aromatic carbocycles. The van der Waals surface area contributed by atoms with Crippen molar-refractivity contribution in [2.75, 3.05) is 31.5 Å². The van der Waals surface area contributed by atoms with Crippen LogP contribution in [0.3, 0.4) is 0 Å². The Morgan fingerprint density at radius 2 is 1.93 bits per heavy atom. The van der Waals surface area contributed by atoms with E-state index in [1.165, 1.54) is 4.88 Å². The Morgan fingerprint density at radius 3 is 2.63 bits per heavy atom. The number of nitrogens with zero attached hydrogens (tertiary/aromatic N) is 2. The van der Waals surface area contributed by atoms with Crippen molar-refractivity contribution < 1.29 is 9.59 Å². The number of thiophene rings is 1. The Hall–Kier alpha value is -2.69. The third-order valence-corrected chi connectivity index (χ3v) is 5.78. The lowest BCUT2D eigenvalue weighted by molar-refractivity contribution is -0.136. The fourth-order valence-electron chi connectivity index (χ4n) is 3.24. The Bertz CT molecular complexity index is 821. The molecule has 0 spiro atoms. The number of hydrogen-bond donors (Lipinski definition) is 2. The van der Waals surface area contributed by atoms with Crippen LogP contribution in [0.25, 0.3) is 0 Å². The number of para-hydroxylation sites is 1. The molecule has 140 valence electrons. The Labute approximate surface area is 162 Å². The highest BCUT2D eigenvalue weighted by Crippen LogP contribution is 2.30. The van der Waals surface area contributed by atoms with Gasteiger partial charge in [0.1, 0.15) is 6.07 Å². The van der Waals surface area contributed by atoms with E-state index in [0.29, 0.717) is 23.7 Å². The van der Waals surface area contributed by atoms with Crippen LogP contribution < -0.4 is 10.6 Å². The second-order valence-corrected chi connectivity index (χ2v) is 7.48. The zero-order valence-electron chi connectivity index (χ0n) is 15.0. The van der Waals surface area contributed by atoms with Crippen molar-refractivity contribution in [1.29, 1.82) is 5.26 Å². The fourth-order valence-corrected chi connectivity index (χ4v) is 4.14. The van der Waals surface area contributed by atoms with Gasteiger partial charge in [-0.3, -0.25) is 9.59 Å². The van der Waals surface area contributed by atoms with E-state index in [0.717, 1.165) is 32.5 Å². The average molecular weight is 382 g/mol. The van der Waals surface area contributed by atoms with Gasteiger partial charge in [0, 0.05) is 18.0 Å². The SMILES string of the molecule is N#Cc1ccccc1NC(=O)C(=O)NCCN1CCC(c2cccs2)CC1. The number of carbonyl (C=O) groups is 2. The first-order chi connectivity index (χ1) is 13.2. The molecule has 0 bridgehead atoms. The second kappa shape index (κ2) is 9.31. The van der Waals surface area contributed by atoms with Gasteiger partial charge in [0.15, 0.2) is 0 Å². The summed E-state index contributed by atoms with van der Waals surface area (Å²) in [7, 11) is 0. The lowest BCUT2D eigenvalue weighted by atomic mass is 9.95. The summed E-state index contributed by atoms with van der Waals surface area (Å²) in [5.41, 5.74) is 0.670. The molecular weight excluding hydrogens is 360 g/mol. The first kappa shape index (κ1) is 19.1. The van der Waals surface area contributed by atoms with Crippen molar-refractivity contribution in [3.8, 4) is 6.07 Å². The zero-order valence-corrected chi connectivity index (χ0v) is 15.8. The van der Waals surface area contributed by atoms with Crippen molar-refractivity contribution in [2.45, 2.75) is 18.8 Å². The van der Waals surface area contributed by atoms with Crippen LogP contribution in [0.15, 0.2) is 41.8 Å². The summed E-state index contributed by atoms with van der Waals surface area (Å²) >= 11 is 1.82. The standard InChI is InChI=1S/C20H22N4O2S/c21-14-16-4-1-2-5-17(16)23-20(26)19(25)22-9-12-24-10-7-15(8-11-24)18-6-3-13-27-18/h1-6,13,15H,7-12H2,(H,22,25)(H,23,26). The molecule has 6 nitrogen and oxygen atoms in total. The van der Waals surface area contributed by atoms with E-state index in [-0.39, 0.29) is 0 Å². The van der Waals surface area contributed by atoms with Crippen molar-refractivity contribution in [2.24, 2.45) is 0 Å². The summed E-state index contributed by atoms with van der Waals surface area (Å²) in [4.78, 5) is 27.7. The fraction of sp³-hybridized carbons (Fsp3) is 0.350. The number of piperidine rings is 1. The van der Waals surface area contributed by atoms with E-state index in [1.54, 1.807) is 24.3 Å². The number of likely N-dealkylation sites (tertiary alicyclic amines) is 1. The van der Waals surface area contributed by atoms with Crippen molar-refractivity contribution >= 4 is 28.8 Å². The molecule has 0 radical (unpaired) electrons. The molecule has 1 aliphatic heterocycles. The molecule has 7 heteroatoms. The van der Waals surface area contributed by atoms with Gasteiger partial charge in [-0.2, -0.15) is 5.26 Å².